The van der Waals surface area contributed by atoms with Gasteiger partial charge in [0, 0.05) is 28.0 Å². The van der Waals surface area contributed by atoms with Gasteiger partial charge in [-0.2, -0.15) is 0 Å². The Hall–Kier alpha value is -1.38. The molecule has 0 bridgehead atoms. The molecule has 0 aliphatic heterocycles. The van der Waals surface area contributed by atoms with Crippen molar-refractivity contribution in [1.82, 2.24) is 0 Å². The van der Waals surface area contributed by atoms with Gasteiger partial charge >= 0.3 is 0 Å². The molecule has 0 aliphatic carbocycles. The van der Waals surface area contributed by atoms with Crippen molar-refractivity contribution in [3.8, 4) is 0 Å². The molecular weight excluding hydrogens is 279 g/mol. The molecule has 0 unspecified atom stereocenters. The van der Waals surface area contributed by atoms with E-state index < -0.39 is 0 Å². The summed E-state index contributed by atoms with van der Waals surface area (Å²) in [5.74, 6) is 0. The molecule has 0 atom stereocenters. The van der Waals surface area contributed by atoms with Crippen molar-refractivity contribution in [3.63, 3.8) is 0 Å². The zero-order valence-corrected chi connectivity index (χ0v) is 12.2. The molecule has 0 aromatic heterocycles. The third kappa shape index (κ3) is 3.79. The summed E-state index contributed by atoms with van der Waals surface area (Å²) in [6.07, 6.45) is 0.847. The number of halogens is 2. The lowest BCUT2D eigenvalue weighted by Gasteiger charge is -2.11. The molecule has 3 N–H and O–H groups in total. The maximum absolute atomic E-state index is 6.13. The standard InChI is InChI=1S/C15H16Cl2N2/c1-10-8-13(18)4-5-15(10)19-7-6-11-2-3-12(16)9-14(11)17/h2-5,8-9,19H,6-7,18H2,1H3. The van der Waals surface area contributed by atoms with E-state index in [2.05, 4.69) is 5.32 Å². The topological polar surface area (TPSA) is 38.0 Å². The summed E-state index contributed by atoms with van der Waals surface area (Å²) in [5.41, 5.74) is 9.83. The molecule has 0 fully saturated rings. The van der Waals surface area contributed by atoms with Crippen LogP contribution >= 0.6 is 23.2 Å². The van der Waals surface area contributed by atoms with Crippen LogP contribution in [-0.4, -0.2) is 6.54 Å². The van der Waals surface area contributed by atoms with E-state index in [1.165, 1.54) is 0 Å². The SMILES string of the molecule is Cc1cc(N)ccc1NCCc1ccc(Cl)cc1Cl. The molecular formula is C15H16Cl2N2. The lowest BCUT2D eigenvalue weighted by atomic mass is 10.1. The molecule has 100 valence electrons. The van der Waals surface area contributed by atoms with E-state index in [1.807, 2.05) is 37.3 Å². The van der Waals surface area contributed by atoms with Crippen LogP contribution in [0.5, 0.6) is 0 Å². The van der Waals surface area contributed by atoms with Crippen LogP contribution in [-0.2, 0) is 6.42 Å². The minimum atomic E-state index is 0.663. The maximum atomic E-state index is 6.13. The van der Waals surface area contributed by atoms with Gasteiger partial charge in [0.05, 0.1) is 0 Å². The Morgan fingerprint density at radius 3 is 2.58 bits per heavy atom. The maximum Gasteiger partial charge on any atom is 0.0453 e. The number of nitrogens with one attached hydrogen (secondary N) is 1. The van der Waals surface area contributed by atoms with Crippen LogP contribution in [0.4, 0.5) is 11.4 Å². The summed E-state index contributed by atoms with van der Waals surface area (Å²) >= 11 is 12.0. The van der Waals surface area contributed by atoms with E-state index in [0.29, 0.717) is 10.0 Å². The lowest BCUT2D eigenvalue weighted by molar-refractivity contribution is 1.02. The van der Waals surface area contributed by atoms with Gasteiger partial charge in [0.15, 0.2) is 0 Å². The molecule has 2 rings (SSSR count). The zero-order valence-electron chi connectivity index (χ0n) is 10.7. The van der Waals surface area contributed by atoms with Crippen molar-refractivity contribution in [3.05, 3.63) is 57.6 Å². The molecule has 2 nitrogen and oxygen atoms in total. The van der Waals surface area contributed by atoms with Gasteiger partial charge in [-0.1, -0.05) is 29.3 Å². The Morgan fingerprint density at radius 1 is 1.11 bits per heavy atom. The summed E-state index contributed by atoms with van der Waals surface area (Å²) < 4.78 is 0. The highest BCUT2D eigenvalue weighted by atomic mass is 35.5. The van der Waals surface area contributed by atoms with Crippen molar-refractivity contribution in [2.75, 3.05) is 17.6 Å². The van der Waals surface area contributed by atoms with Gasteiger partial charge in [-0.3, -0.25) is 0 Å². The van der Waals surface area contributed by atoms with Crippen molar-refractivity contribution < 1.29 is 0 Å². The number of hydrogen-bond donors (Lipinski definition) is 2. The number of hydrogen-bond acceptors (Lipinski definition) is 2. The molecule has 0 spiro atoms. The number of rotatable bonds is 4. The summed E-state index contributed by atoms with van der Waals surface area (Å²) in [5, 5.41) is 4.76. The van der Waals surface area contributed by atoms with Gasteiger partial charge in [-0.15, -0.1) is 0 Å². The zero-order chi connectivity index (χ0) is 13.8. The normalized spacial score (nSPS) is 10.5. The molecule has 2 aromatic carbocycles. The fourth-order valence-electron chi connectivity index (χ4n) is 1.94. The summed E-state index contributed by atoms with van der Waals surface area (Å²) in [6, 6.07) is 11.4. The van der Waals surface area contributed by atoms with Crippen LogP contribution in [0.1, 0.15) is 11.1 Å². The fourth-order valence-corrected chi connectivity index (χ4v) is 2.44. The molecule has 4 heteroatoms. The molecule has 19 heavy (non-hydrogen) atoms. The van der Waals surface area contributed by atoms with Gasteiger partial charge in [-0.05, 0) is 54.8 Å². The van der Waals surface area contributed by atoms with Gasteiger partial charge < -0.3 is 11.1 Å². The van der Waals surface area contributed by atoms with Gasteiger partial charge in [0.2, 0.25) is 0 Å². The highest BCUT2D eigenvalue weighted by molar-refractivity contribution is 6.35. The van der Waals surface area contributed by atoms with Crippen LogP contribution in [0.25, 0.3) is 0 Å². The average Bonchev–Trinajstić information content (AvgIpc) is 2.34. The first-order valence-corrected chi connectivity index (χ1v) is 6.86. The Bertz CT molecular complexity index is 531. The average molecular weight is 295 g/mol. The summed E-state index contributed by atoms with van der Waals surface area (Å²) in [7, 11) is 0. The quantitative estimate of drug-likeness (QED) is 0.813. The minimum absolute atomic E-state index is 0.663. The molecule has 0 heterocycles. The molecule has 0 radical (unpaired) electrons. The largest absolute Gasteiger partial charge is 0.399 e. The predicted molar refractivity (Wildman–Crippen MR) is 84.2 cm³/mol. The van der Waals surface area contributed by atoms with Crippen LogP contribution in [0.2, 0.25) is 10.0 Å². The monoisotopic (exact) mass is 294 g/mol. The second-order valence-corrected chi connectivity index (χ2v) is 5.33. The Morgan fingerprint density at radius 2 is 1.89 bits per heavy atom. The Kier molecular flexibility index (Phi) is 4.56. The van der Waals surface area contributed by atoms with Crippen molar-refractivity contribution in [1.29, 1.82) is 0 Å². The number of nitrogens with two attached hydrogens (primary N) is 1. The van der Waals surface area contributed by atoms with E-state index in [4.69, 9.17) is 28.9 Å². The highest BCUT2D eigenvalue weighted by Crippen LogP contribution is 2.22. The van der Waals surface area contributed by atoms with Crippen LogP contribution in [0.15, 0.2) is 36.4 Å². The number of anilines is 2. The first-order chi connectivity index (χ1) is 9.06. The number of aryl methyl sites for hydroxylation is 1. The van der Waals surface area contributed by atoms with Crippen LogP contribution in [0, 0.1) is 6.92 Å². The molecule has 0 aliphatic rings. The van der Waals surface area contributed by atoms with E-state index in [1.54, 1.807) is 6.07 Å². The van der Waals surface area contributed by atoms with Crippen LogP contribution < -0.4 is 11.1 Å². The van der Waals surface area contributed by atoms with E-state index in [9.17, 15) is 0 Å². The van der Waals surface area contributed by atoms with E-state index in [0.717, 1.165) is 35.5 Å². The molecule has 0 amide bonds. The Balaban J connectivity index is 1.96. The van der Waals surface area contributed by atoms with E-state index in [-0.39, 0.29) is 0 Å². The predicted octanol–water partition coefficient (Wildman–Crippen LogP) is 4.54. The number of nitrogen functional groups attached to an aromatic ring is 1. The van der Waals surface area contributed by atoms with Gasteiger partial charge in [0.25, 0.3) is 0 Å². The van der Waals surface area contributed by atoms with Crippen molar-refractivity contribution >= 4 is 34.6 Å². The molecule has 2 aromatic rings. The van der Waals surface area contributed by atoms with Crippen LogP contribution in [0.3, 0.4) is 0 Å². The summed E-state index contributed by atoms with van der Waals surface area (Å²) in [4.78, 5) is 0. The van der Waals surface area contributed by atoms with E-state index >= 15 is 0 Å². The second kappa shape index (κ2) is 6.18. The minimum Gasteiger partial charge on any atom is -0.399 e. The highest BCUT2D eigenvalue weighted by Gasteiger charge is 2.02. The first-order valence-electron chi connectivity index (χ1n) is 6.10. The summed E-state index contributed by atoms with van der Waals surface area (Å²) in [6.45, 7) is 2.85. The van der Waals surface area contributed by atoms with Gasteiger partial charge in [0.1, 0.15) is 0 Å². The first kappa shape index (κ1) is 14.0. The third-order valence-electron chi connectivity index (χ3n) is 2.98. The smallest absolute Gasteiger partial charge is 0.0453 e. The van der Waals surface area contributed by atoms with Crippen molar-refractivity contribution in [2.24, 2.45) is 0 Å². The van der Waals surface area contributed by atoms with Crippen molar-refractivity contribution in [2.45, 2.75) is 13.3 Å². The third-order valence-corrected chi connectivity index (χ3v) is 3.56. The molecule has 0 saturated carbocycles. The fraction of sp³-hybridized carbons (Fsp3) is 0.200. The number of benzene rings is 2. The van der Waals surface area contributed by atoms with Gasteiger partial charge in [-0.25, -0.2) is 0 Å². The second-order valence-electron chi connectivity index (χ2n) is 4.49. The Labute approximate surface area is 123 Å². The lowest BCUT2D eigenvalue weighted by Crippen LogP contribution is -2.06. The molecule has 0 saturated heterocycles.